The van der Waals surface area contributed by atoms with Crippen LogP contribution in [0, 0.1) is 0 Å². The Morgan fingerprint density at radius 3 is 2.65 bits per heavy atom. The van der Waals surface area contributed by atoms with Gasteiger partial charge in [-0.25, -0.2) is 14.7 Å². The maximum absolute atomic E-state index is 14.0. The van der Waals surface area contributed by atoms with Crippen LogP contribution >= 0.6 is 0 Å². The third-order valence-electron chi connectivity index (χ3n) is 6.17. The average molecular weight is 538 g/mol. The van der Waals surface area contributed by atoms with Crippen molar-refractivity contribution in [3.8, 4) is 0 Å². The molecule has 0 saturated carbocycles. The molecule has 0 fully saturated rings. The molecule has 11 nitrogen and oxygen atoms in total. The lowest BCUT2D eigenvalue weighted by atomic mass is 10.1. The highest BCUT2D eigenvalue weighted by atomic mass is 16.2. The predicted molar refractivity (Wildman–Crippen MR) is 155 cm³/mol. The van der Waals surface area contributed by atoms with Crippen molar-refractivity contribution < 1.29 is 9.59 Å². The minimum absolute atomic E-state index is 0.225. The van der Waals surface area contributed by atoms with Crippen LogP contribution in [0.5, 0.6) is 0 Å². The molecule has 2 aromatic heterocycles. The molecule has 3 amide bonds. The molecule has 0 bridgehead atoms. The number of aromatic nitrogens is 4. The zero-order valence-electron chi connectivity index (χ0n) is 22.7. The summed E-state index contributed by atoms with van der Waals surface area (Å²) >= 11 is 0. The van der Waals surface area contributed by atoms with Crippen molar-refractivity contribution in [3.05, 3.63) is 96.5 Å². The van der Waals surface area contributed by atoms with Gasteiger partial charge < -0.3 is 20.4 Å². The Hall–Kier alpha value is -5.03. The Morgan fingerprint density at radius 2 is 1.90 bits per heavy atom. The average Bonchev–Trinajstić information content (AvgIpc) is 3.34. The molecular formula is C29H31N9O2. The lowest BCUT2D eigenvalue weighted by Gasteiger charge is -2.36. The summed E-state index contributed by atoms with van der Waals surface area (Å²) in [7, 11) is 5.69. The molecular weight excluding hydrogens is 506 g/mol. The summed E-state index contributed by atoms with van der Waals surface area (Å²) < 4.78 is 1.67. The molecule has 40 heavy (non-hydrogen) atoms. The molecule has 0 atom stereocenters. The highest BCUT2D eigenvalue weighted by Gasteiger charge is 2.33. The molecule has 204 valence electrons. The number of amides is 3. The van der Waals surface area contributed by atoms with Crippen molar-refractivity contribution in [1.29, 1.82) is 0 Å². The van der Waals surface area contributed by atoms with E-state index in [-0.39, 0.29) is 11.9 Å². The van der Waals surface area contributed by atoms with Crippen LogP contribution in [0.2, 0.25) is 0 Å². The molecule has 5 rings (SSSR count). The zero-order chi connectivity index (χ0) is 28.1. The number of nitrogens with one attached hydrogen (secondary N) is 2. The molecule has 0 unspecified atom stereocenters. The number of anilines is 5. The Labute approximate surface area is 232 Å². The third-order valence-corrected chi connectivity index (χ3v) is 6.17. The molecule has 4 aromatic rings. The first-order valence-electron chi connectivity index (χ1n) is 12.8. The number of hydrogen-bond donors (Lipinski definition) is 2. The number of hydrogen-bond acceptors (Lipinski definition) is 7. The number of benzene rings is 2. The van der Waals surface area contributed by atoms with Crippen molar-refractivity contribution in [3.63, 3.8) is 0 Å². The largest absolute Gasteiger partial charge is 0.330 e. The number of carbonyl (C=O) groups is 2. The fourth-order valence-corrected chi connectivity index (χ4v) is 4.32. The van der Waals surface area contributed by atoms with Crippen LogP contribution in [0.15, 0.2) is 85.3 Å². The van der Waals surface area contributed by atoms with Crippen LogP contribution in [0.3, 0.4) is 0 Å². The second-order valence-corrected chi connectivity index (χ2v) is 9.73. The van der Waals surface area contributed by atoms with Crippen LogP contribution in [0.25, 0.3) is 0 Å². The van der Waals surface area contributed by atoms with Gasteiger partial charge in [-0.3, -0.25) is 9.48 Å². The number of fused-ring (bicyclic) bond motifs is 1. The van der Waals surface area contributed by atoms with Crippen molar-refractivity contribution >= 4 is 40.8 Å². The van der Waals surface area contributed by atoms with E-state index in [0.717, 1.165) is 16.8 Å². The number of likely N-dealkylation sites (N-methyl/N-ethyl adjacent to an activating group) is 1. The van der Waals surface area contributed by atoms with E-state index in [2.05, 4.69) is 20.7 Å². The van der Waals surface area contributed by atoms with Crippen LogP contribution in [-0.4, -0.2) is 62.1 Å². The summed E-state index contributed by atoms with van der Waals surface area (Å²) in [5.41, 5.74) is 3.68. The highest BCUT2D eigenvalue weighted by molar-refractivity contribution is 6.03. The minimum atomic E-state index is -0.250. The van der Waals surface area contributed by atoms with E-state index < -0.39 is 0 Å². The molecule has 2 N–H and O–H groups in total. The molecule has 11 heteroatoms. The van der Waals surface area contributed by atoms with Gasteiger partial charge in [0, 0.05) is 49.9 Å². The van der Waals surface area contributed by atoms with Gasteiger partial charge in [0.05, 0.1) is 24.1 Å². The van der Waals surface area contributed by atoms with Gasteiger partial charge in [0.25, 0.3) is 0 Å². The van der Waals surface area contributed by atoms with E-state index in [1.54, 1.807) is 51.2 Å². The monoisotopic (exact) mass is 537 g/mol. The number of urea groups is 1. The van der Waals surface area contributed by atoms with Crippen LogP contribution in [0.1, 0.15) is 11.1 Å². The number of carbonyl (C=O) groups excluding carboxylic acids is 2. The summed E-state index contributed by atoms with van der Waals surface area (Å²) in [4.78, 5) is 40.9. The minimum Gasteiger partial charge on any atom is -0.322 e. The molecule has 0 aliphatic carbocycles. The molecule has 1 aliphatic heterocycles. The number of rotatable bonds is 9. The molecule has 0 radical (unpaired) electrons. The van der Waals surface area contributed by atoms with Gasteiger partial charge in [-0.15, -0.1) is 0 Å². The standard InChI is InChI=1S/C29H31N9O2/c1-35(2)14-8-13-26(39)32-23-11-7-12-25(15-23)38-27-22(16-30-28(34-27)33-24-17-31-36(3)20-24)19-37(29(38)40)18-21-9-5-4-6-10-21/h4-13,15-17,20H,14,18-19H2,1-3H3,(H,32,39)(H,30,33,34)/b13-8+. The van der Waals surface area contributed by atoms with Gasteiger partial charge in [-0.2, -0.15) is 10.1 Å². The zero-order valence-corrected chi connectivity index (χ0v) is 22.7. The van der Waals surface area contributed by atoms with Crippen molar-refractivity contribution in [2.24, 2.45) is 7.05 Å². The molecule has 3 heterocycles. The van der Waals surface area contributed by atoms with E-state index in [9.17, 15) is 9.59 Å². The Bertz CT molecular complexity index is 1530. The number of nitrogens with zero attached hydrogens (tertiary/aromatic N) is 7. The smallest absolute Gasteiger partial charge is 0.322 e. The van der Waals surface area contributed by atoms with Gasteiger partial charge in [-0.05, 0) is 37.9 Å². The number of aryl methyl sites for hydroxylation is 1. The fourth-order valence-electron chi connectivity index (χ4n) is 4.32. The quantitative estimate of drug-likeness (QED) is 0.307. The van der Waals surface area contributed by atoms with Gasteiger partial charge >= 0.3 is 6.03 Å². The van der Waals surface area contributed by atoms with Gasteiger partial charge in [0.15, 0.2) is 5.82 Å². The summed E-state index contributed by atoms with van der Waals surface area (Å²) in [5, 5.41) is 10.2. The first kappa shape index (κ1) is 26.6. The molecule has 1 aliphatic rings. The predicted octanol–water partition coefficient (Wildman–Crippen LogP) is 4.28. The molecule has 2 aromatic carbocycles. The summed E-state index contributed by atoms with van der Waals surface area (Å²) in [6, 6.07) is 16.8. The van der Waals surface area contributed by atoms with Crippen molar-refractivity contribution in [2.45, 2.75) is 13.1 Å². The normalized spacial score (nSPS) is 13.2. The van der Waals surface area contributed by atoms with Crippen molar-refractivity contribution in [2.75, 3.05) is 36.2 Å². The fraction of sp³-hybridized carbons (Fsp3) is 0.207. The van der Waals surface area contributed by atoms with Gasteiger partial charge in [0.2, 0.25) is 11.9 Å². The summed E-state index contributed by atoms with van der Waals surface area (Å²) in [5.74, 6) is 0.571. The van der Waals surface area contributed by atoms with Gasteiger partial charge in [-0.1, -0.05) is 42.5 Å². The SMILES string of the molecule is CN(C)C/C=C/C(=O)Nc1cccc(N2C(=O)N(Cc3ccccc3)Cc3cnc(Nc4cnn(C)c4)nc32)c1. The summed E-state index contributed by atoms with van der Waals surface area (Å²) in [6.45, 7) is 1.44. The van der Waals surface area contributed by atoms with E-state index in [1.165, 1.54) is 6.08 Å². The summed E-state index contributed by atoms with van der Waals surface area (Å²) in [6.07, 6.45) is 8.51. The van der Waals surface area contributed by atoms with Crippen molar-refractivity contribution in [1.82, 2.24) is 29.5 Å². The van der Waals surface area contributed by atoms with E-state index in [1.807, 2.05) is 68.6 Å². The maximum atomic E-state index is 14.0. The molecule has 0 saturated heterocycles. The lowest BCUT2D eigenvalue weighted by molar-refractivity contribution is -0.111. The van der Waals surface area contributed by atoms with E-state index in [0.29, 0.717) is 42.8 Å². The third kappa shape index (κ3) is 6.33. The Balaban J connectivity index is 1.47. The second-order valence-electron chi connectivity index (χ2n) is 9.73. The maximum Gasteiger partial charge on any atom is 0.330 e. The van der Waals surface area contributed by atoms with Gasteiger partial charge in [0.1, 0.15) is 0 Å². The highest BCUT2D eigenvalue weighted by Crippen LogP contribution is 2.35. The first-order valence-corrected chi connectivity index (χ1v) is 12.8. The van der Waals surface area contributed by atoms with E-state index >= 15 is 0 Å². The molecule has 0 spiro atoms. The second kappa shape index (κ2) is 11.8. The van der Waals surface area contributed by atoms with E-state index in [4.69, 9.17) is 4.98 Å². The Kier molecular flexibility index (Phi) is 7.83. The van der Waals surface area contributed by atoms with Crippen LogP contribution in [0.4, 0.5) is 33.6 Å². The topological polar surface area (TPSA) is 112 Å². The van der Waals surface area contributed by atoms with Crippen LogP contribution in [-0.2, 0) is 24.9 Å². The lowest BCUT2D eigenvalue weighted by Crippen LogP contribution is -2.45. The Morgan fingerprint density at radius 1 is 1.07 bits per heavy atom. The van der Waals surface area contributed by atoms with Crippen LogP contribution < -0.4 is 15.5 Å². The first-order chi connectivity index (χ1) is 19.4.